The number of thiophene rings is 1. The van der Waals surface area contributed by atoms with Crippen molar-refractivity contribution in [1.82, 2.24) is 0 Å². The molecule has 0 N–H and O–H groups in total. The van der Waals surface area contributed by atoms with E-state index in [4.69, 9.17) is 9.15 Å². The van der Waals surface area contributed by atoms with Crippen LogP contribution in [0, 0.1) is 0 Å². The molecule has 2 aliphatic rings. The summed E-state index contributed by atoms with van der Waals surface area (Å²) in [5, 5.41) is 9.88. The molecule has 3 heteroatoms. The van der Waals surface area contributed by atoms with E-state index in [1.807, 2.05) is 23.5 Å². The lowest BCUT2D eigenvalue weighted by Gasteiger charge is -2.21. The van der Waals surface area contributed by atoms with Crippen molar-refractivity contribution >= 4 is 75.0 Å². The van der Waals surface area contributed by atoms with Crippen molar-refractivity contribution in [3.63, 3.8) is 0 Å². The highest BCUT2D eigenvalue weighted by Crippen LogP contribution is 2.54. The Kier molecular flexibility index (Phi) is 6.08. The highest BCUT2D eigenvalue weighted by Gasteiger charge is 2.37. The lowest BCUT2D eigenvalue weighted by atomic mass is 9.80. The van der Waals surface area contributed by atoms with Gasteiger partial charge in [0, 0.05) is 48.0 Å². The average molecular weight is 695 g/mol. The standard InChI is InChI=1S/C50H30O2S/c1-3-15-36-34(13-1)47(30-22-26-46-41(28-30)33-12-7-10-20-45(33)53-46)35-14-2-4-16-37(35)48(36)39-24-23-31(50-49(39)38-17-6-9-19-43(38)52-50)29-21-25-44-40(27-29)32-11-5-8-18-42(32)51-44/h1-28,38,43H. The molecule has 0 spiro atoms. The second-order valence-corrected chi connectivity index (χ2v) is 15.3. The smallest absolute Gasteiger partial charge is 0.135 e. The van der Waals surface area contributed by atoms with Gasteiger partial charge in [0.2, 0.25) is 0 Å². The first kappa shape index (κ1) is 29.2. The zero-order chi connectivity index (χ0) is 34.6. The van der Waals surface area contributed by atoms with Crippen LogP contribution in [0.2, 0.25) is 0 Å². The Bertz CT molecular complexity index is 3170. The molecule has 8 aromatic carbocycles. The van der Waals surface area contributed by atoms with Gasteiger partial charge in [0.05, 0.1) is 0 Å². The molecule has 1 aliphatic carbocycles. The van der Waals surface area contributed by atoms with Crippen LogP contribution in [0.4, 0.5) is 0 Å². The molecule has 248 valence electrons. The van der Waals surface area contributed by atoms with Crippen LogP contribution in [0.15, 0.2) is 174 Å². The molecule has 0 saturated heterocycles. The first-order valence-corrected chi connectivity index (χ1v) is 19.1. The summed E-state index contributed by atoms with van der Waals surface area (Å²) >= 11 is 1.87. The van der Waals surface area contributed by atoms with Gasteiger partial charge in [-0.25, -0.2) is 0 Å². The molecular formula is C50H30O2S. The topological polar surface area (TPSA) is 22.4 Å². The summed E-state index contributed by atoms with van der Waals surface area (Å²) in [6.07, 6.45) is 8.74. The van der Waals surface area contributed by atoms with Gasteiger partial charge >= 0.3 is 0 Å². The van der Waals surface area contributed by atoms with Crippen molar-refractivity contribution in [3.05, 3.63) is 175 Å². The fraction of sp³-hybridized carbons (Fsp3) is 0.0400. The van der Waals surface area contributed by atoms with E-state index < -0.39 is 0 Å². The summed E-state index contributed by atoms with van der Waals surface area (Å²) in [5.74, 6) is 1.07. The van der Waals surface area contributed by atoms with Crippen LogP contribution in [0.5, 0.6) is 5.75 Å². The third kappa shape index (κ3) is 4.20. The lowest BCUT2D eigenvalue weighted by molar-refractivity contribution is 0.270. The molecule has 0 bridgehead atoms. The highest BCUT2D eigenvalue weighted by atomic mass is 32.1. The summed E-state index contributed by atoms with van der Waals surface area (Å²) in [6, 6.07) is 53.2. The van der Waals surface area contributed by atoms with Gasteiger partial charge in [-0.2, -0.15) is 0 Å². The number of allylic oxidation sites excluding steroid dienone is 2. The van der Waals surface area contributed by atoms with Gasteiger partial charge < -0.3 is 9.15 Å². The maximum Gasteiger partial charge on any atom is 0.135 e. The van der Waals surface area contributed by atoms with E-state index in [0.717, 1.165) is 38.8 Å². The van der Waals surface area contributed by atoms with E-state index in [1.165, 1.54) is 69.5 Å². The van der Waals surface area contributed by atoms with Gasteiger partial charge in [-0.3, -0.25) is 0 Å². The van der Waals surface area contributed by atoms with E-state index in [-0.39, 0.29) is 12.0 Å². The minimum atomic E-state index is -0.0580. The molecule has 0 saturated carbocycles. The summed E-state index contributed by atoms with van der Waals surface area (Å²) in [4.78, 5) is 0. The van der Waals surface area contributed by atoms with Gasteiger partial charge in [0.15, 0.2) is 0 Å². The zero-order valence-corrected chi connectivity index (χ0v) is 29.4. The minimum absolute atomic E-state index is 0.0580. The molecule has 0 radical (unpaired) electrons. The molecule has 2 nitrogen and oxygen atoms in total. The number of benzene rings is 8. The summed E-state index contributed by atoms with van der Waals surface area (Å²) in [6.45, 7) is 0. The predicted octanol–water partition coefficient (Wildman–Crippen LogP) is 14.2. The number of ether oxygens (including phenoxy) is 1. The van der Waals surface area contributed by atoms with Gasteiger partial charge in [-0.15, -0.1) is 11.3 Å². The van der Waals surface area contributed by atoms with E-state index >= 15 is 0 Å². The molecule has 2 aromatic heterocycles. The van der Waals surface area contributed by atoms with Crippen LogP contribution < -0.4 is 4.74 Å². The maximum atomic E-state index is 6.96. The van der Waals surface area contributed by atoms with E-state index in [2.05, 4.69) is 158 Å². The molecule has 0 amide bonds. The number of rotatable bonds is 3. The Hall–Kier alpha value is -6.42. The monoisotopic (exact) mass is 694 g/mol. The average Bonchev–Trinajstić information content (AvgIpc) is 3.91. The maximum absolute atomic E-state index is 6.96. The Morgan fingerprint density at radius 2 is 1.04 bits per heavy atom. The fourth-order valence-corrected chi connectivity index (χ4v) is 10.2. The largest absolute Gasteiger partial charge is 0.484 e. The molecule has 0 fully saturated rings. The molecular weight excluding hydrogens is 665 g/mol. The van der Waals surface area contributed by atoms with E-state index in [0.29, 0.717) is 0 Å². The van der Waals surface area contributed by atoms with Crippen molar-refractivity contribution in [2.24, 2.45) is 0 Å². The Morgan fingerprint density at radius 1 is 0.434 bits per heavy atom. The van der Waals surface area contributed by atoms with Crippen LogP contribution in [0.3, 0.4) is 0 Å². The van der Waals surface area contributed by atoms with E-state index in [9.17, 15) is 0 Å². The van der Waals surface area contributed by atoms with Gasteiger partial charge in [-0.05, 0) is 91.8 Å². The van der Waals surface area contributed by atoms with Gasteiger partial charge in [0.25, 0.3) is 0 Å². The SMILES string of the molecule is C1=CC2Oc3c(-c4ccc5oc6ccccc6c5c4)ccc(-c4c5ccccc5c(-c5ccc6sc7ccccc7c6c5)c5ccccc45)c3C2C=C1. The molecule has 1 aliphatic heterocycles. The number of furan rings is 1. The van der Waals surface area contributed by atoms with Crippen LogP contribution in [0.1, 0.15) is 11.5 Å². The molecule has 10 aromatic rings. The molecule has 12 rings (SSSR count). The fourth-order valence-electron chi connectivity index (χ4n) is 9.10. The quantitative estimate of drug-likeness (QED) is 0.172. The number of hydrogen-bond donors (Lipinski definition) is 0. The zero-order valence-electron chi connectivity index (χ0n) is 28.5. The highest BCUT2D eigenvalue weighted by molar-refractivity contribution is 7.25. The normalized spacial score (nSPS) is 16.3. The number of hydrogen-bond acceptors (Lipinski definition) is 3. The number of fused-ring (bicyclic) bond motifs is 11. The Morgan fingerprint density at radius 3 is 1.85 bits per heavy atom. The van der Waals surface area contributed by atoms with Crippen LogP contribution >= 0.6 is 11.3 Å². The predicted molar refractivity (Wildman–Crippen MR) is 223 cm³/mol. The van der Waals surface area contributed by atoms with Crippen LogP contribution in [-0.2, 0) is 0 Å². The molecule has 2 unspecified atom stereocenters. The van der Waals surface area contributed by atoms with Crippen molar-refractivity contribution in [1.29, 1.82) is 0 Å². The first-order valence-electron chi connectivity index (χ1n) is 18.2. The lowest BCUT2D eigenvalue weighted by Crippen LogP contribution is -2.15. The van der Waals surface area contributed by atoms with Crippen LogP contribution in [0.25, 0.3) is 97.0 Å². The summed E-state index contributed by atoms with van der Waals surface area (Å²) < 4.78 is 15.8. The second kappa shape index (κ2) is 11.0. The third-order valence-corrected chi connectivity index (χ3v) is 12.6. The van der Waals surface area contributed by atoms with Crippen LogP contribution in [-0.4, -0.2) is 6.10 Å². The minimum Gasteiger partial charge on any atom is -0.484 e. The first-order chi connectivity index (χ1) is 26.3. The van der Waals surface area contributed by atoms with Crippen molar-refractivity contribution in [2.75, 3.05) is 0 Å². The summed E-state index contributed by atoms with van der Waals surface area (Å²) in [7, 11) is 0. The third-order valence-electron chi connectivity index (χ3n) is 11.4. The molecule has 2 atom stereocenters. The van der Waals surface area contributed by atoms with Crippen molar-refractivity contribution in [2.45, 2.75) is 12.0 Å². The number of para-hydroxylation sites is 1. The van der Waals surface area contributed by atoms with E-state index in [1.54, 1.807) is 0 Å². The Labute approximate surface area is 309 Å². The second-order valence-electron chi connectivity index (χ2n) is 14.2. The Balaban J connectivity index is 1.13. The molecule has 3 heterocycles. The molecule has 53 heavy (non-hydrogen) atoms. The summed E-state index contributed by atoms with van der Waals surface area (Å²) in [5.41, 5.74) is 10.3. The van der Waals surface area contributed by atoms with Crippen molar-refractivity contribution < 1.29 is 9.15 Å². The van der Waals surface area contributed by atoms with Gasteiger partial charge in [-0.1, -0.05) is 127 Å². The van der Waals surface area contributed by atoms with Gasteiger partial charge in [0.1, 0.15) is 23.0 Å². The van der Waals surface area contributed by atoms with Crippen molar-refractivity contribution in [3.8, 4) is 39.1 Å².